The summed E-state index contributed by atoms with van der Waals surface area (Å²) in [4.78, 5) is 13.9. The fourth-order valence-corrected chi connectivity index (χ4v) is 1.87. The summed E-state index contributed by atoms with van der Waals surface area (Å²) in [5, 5.41) is 2.89. The van der Waals surface area contributed by atoms with Crippen LogP contribution < -0.4 is 5.32 Å². The Kier molecular flexibility index (Phi) is 3.57. The third-order valence-electron chi connectivity index (χ3n) is 2.98. The molecule has 0 radical (unpaired) electrons. The number of benzene rings is 1. The van der Waals surface area contributed by atoms with E-state index in [0.29, 0.717) is 6.42 Å². The number of hydrogen-bond donors (Lipinski definition) is 1. The van der Waals surface area contributed by atoms with Gasteiger partial charge in [-0.05, 0) is 18.6 Å². The zero-order valence-corrected chi connectivity index (χ0v) is 9.65. The lowest BCUT2D eigenvalue weighted by Crippen LogP contribution is -2.16. The first kappa shape index (κ1) is 11.1. The Hall–Kier alpha value is -1.35. The normalized spacial score (nSPS) is 22.8. The summed E-state index contributed by atoms with van der Waals surface area (Å²) in [6.07, 6.45) is 1.78. The number of anilines is 1. The fourth-order valence-electron chi connectivity index (χ4n) is 1.87. The van der Waals surface area contributed by atoms with Gasteiger partial charge in [-0.2, -0.15) is 0 Å². The molecule has 16 heavy (non-hydrogen) atoms. The lowest BCUT2D eigenvalue weighted by atomic mass is 10.3. The molecular formula is C13H18N2O. The number of nitrogens with zero attached hydrogens (tertiary/aromatic N) is 1. The molecule has 1 saturated heterocycles. The van der Waals surface area contributed by atoms with E-state index in [-0.39, 0.29) is 5.91 Å². The van der Waals surface area contributed by atoms with Crippen LogP contribution in [0.5, 0.6) is 0 Å². The fraction of sp³-hybridized carbons (Fsp3) is 0.462. The van der Waals surface area contributed by atoms with Crippen LogP contribution in [0.4, 0.5) is 5.69 Å². The van der Waals surface area contributed by atoms with Crippen LogP contribution >= 0.6 is 0 Å². The van der Waals surface area contributed by atoms with E-state index >= 15 is 0 Å². The van der Waals surface area contributed by atoms with Crippen LogP contribution in [-0.2, 0) is 4.79 Å². The zero-order valence-electron chi connectivity index (χ0n) is 9.65. The molecule has 0 spiro atoms. The Morgan fingerprint density at radius 2 is 2.19 bits per heavy atom. The molecule has 1 aliphatic rings. The third kappa shape index (κ3) is 3.07. The molecule has 0 saturated carbocycles. The first-order chi connectivity index (χ1) is 7.79. The number of carbonyl (C=O) groups excluding carboxylic acids is 1. The molecule has 1 aromatic carbocycles. The van der Waals surface area contributed by atoms with E-state index in [9.17, 15) is 4.79 Å². The van der Waals surface area contributed by atoms with Crippen LogP contribution in [0.25, 0.3) is 0 Å². The van der Waals surface area contributed by atoms with Crippen molar-refractivity contribution in [2.24, 2.45) is 0 Å². The smallest absolute Gasteiger partial charge is 0.225 e. The van der Waals surface area contributed by atoms with Crippen molar-refractivity contribution in [2.75, 3.05) is 18.4 Å². The Morgan fingerprint density at radius 3 is 2.81 bits per heavy atom. The summed E-state index contributed by atoms with van der Waals surface area (Å²) in [6.45, 7) is 4.24. The average molecular weight is 218 g/mol. The quantitative estimate of drug-likeness (QED) is 0.768. The first-order valence-corrected chi connectivity index (χ1v) is 5.88. The summed E-state index contributed by atoms with van der Waals surface area (Å²) in [7, 11) is 0. The molecule has 0 aromatic heterocycles. The predicted octanol–water partition coefficient (Wildman–Crippen LogP) is 2.11. The van der Waals surface area contributed by atoms with E-state index in [1.54, 1.807) is 0 Å². The van der Waals surface area contributed by atoms with Gasteiger partial charge in [0.05, 0.1) is 0 Å². The van der Waals surface area contributed by atoms with E-state index in [4.69, 9.17) is 0 Å². The van der Waals surface area contributed by atoms with Crippen LogP contribution in [0, 0.1) is 0 Å². The minimum absolute atomic E-state index is 0.105. The van der Waals surface area contributed by atoms with Crippen LogP contribution in [0.2, 0.25) is 0 Å². The highest BCUT2D eigenvalue weighted by molar-refractivity contribution is 5.90. The lowest BCUT2D eigenvalue weighted by molar-refractivity contribution is -0.116. The van der Waals surface area contributed by atoms with Gasteiger partial charge >= 0.3 is 0 Å². The van der Waals surface area contributed by atoms with Crippen molar-refractivity contribution >= 4 is 11.6 Å². The molecule has 1 fully saturated rings. The summed E-state index contributed by atoms with van der Waals surface area (Å²) in [5.41, 5.74) is 0.880. The maximum Gasteiger partial charge on any atom is 0.225 e. The minimum atomic E-state index is 0.105. The summed E-state index contributed by atoms with van der Waals surface area (Å²) in [5.74, 6) is 0.105. The Labute approximate surface area is 96.5 Å². The second-order valence-corrected chi connectivity index (χ2v) is 4.22. The maximum absolute atomic E-state index is 11.6. The number of amides is 1. The van der Waals surface area contributed by atoms with E-state index < -0.39 is 0 Å². The topological polar surface area (TPSA) is 32.1 Å². The lowest BCUT2D eigenvalue weighted by Gasteiger charge is -2.05. The number of rotatable bonds is 5. The van der Waals surface area contributed by atoms with E-state index in [0.717, 1.165) is 24.8 Å². The van der Waals surface area contributed by atoms with Gasteiger partial charge in [0.15, 0.2) is 0 Å². The molecule has 1 aromatic rings. The molecule has 86 valence electrons. The van der Waals surface area contributed by atoms with Gasteiger partial charge in [0.25, 0.3) is 0 Å². The Bertz CT molecular complexity index is 350. The number of carbonyl (C=O) groups is 1. The van der Waals surface area contributed by atoms with Gasteiger partial charge in [-0.15, -0.1) is 0 Å². The molecule has 3 heteroatoms. The molecule has 3 nitrogen and oxygen atoms in total. The molecule has 2 atom stereocenters. The average Bonchev–Trinajstić information content (AvgIpc) is 3.06. The van der Waals surface area contributed by atoms with E-state index in [1.165, 1.54) is 6.42 Å². The second-order valence-electron chi connectivity index (χ2n) is 4.22. The summed E-state index contributed by atoms with van der Waals surface area (Å²) >= 11 is 0. The van der Waals surface area contributed by atoms with Gasteiger partial charge in [-0.3, -0.25) is 9.69 Å². The van der Waals surface area contributed by atoms with Gasteiger partial charge in [0, 0.05) is 31.2 Å². The molecule has 1 N–H and O–H groups in total. The molecular weight excluding hydrogens is 200 g/mol. The van der Waals surface area contributed by atoms with Crippen molar-refractivity contribution < 1.29 is 4.79 Å². The molecule has 1 aliphatic heterocycles. The van der Waals surface area contributed by atoms with E-state index in [2.05, 4.69) is 17.1 Å². The molecule has 1 amide bonds. The van der Waals surface area contributed by atoms with Gasteiger partial charge in [-0.1, -0.05) is 25.1 Å². The molecule has 1 unspecified atom stereocenters. The van der Waals surface area contributed by atoms with Gasteiger partial charge in [0.2, 0.25) is 5.91 Å². The molecule has 2 rings (SSSR count). The first-order valence-electron chi connectivity index (χ1n) is 5.88. The largest absolute Gasteiger partial charge is 0.326 e. The Balaban J connectivity index is 1.69. The minimum Gasteiger partial charge on any atom is -0.326 e. The van der Waals surface area contributed by atoms with Crippen molar-refractivity contribution in [3.8, 4) is 0 Å². The second kappa shape index (κ2) is 5.12. The van der Waals surface area contributed by atoms with Crippen LogP contribution in [-0.4, -0.2) is 29.9 Å². The van der Waals surface area contributed by atoms with Crippen molar-refractivity contribution in [1.82, 2.24) is 4.90 Å². The Morgan fingerprint density at radius 1 is 1.44 bits per heavy atom. The molecule has 1 heterocycles. The standard InChI is InChI=1S/C13H18N2O/c1-2-12-10-15(12)9-8-13(16)14-11-6-4-3-5-7-11/h3-7,12H,2,8-10H2,1H3,(H,14,16)/t12-,15?/m1/s1. The zero-order chi connectivity index (χ0) is 11.4. The van der Waals surface area contributed by atoms with Crippen LogP contribution in [0.1, 0.15) is 19.8 Å². The van der Waals surface area contributed by atoms with Crippen molar-refractivity contribution in [3.05, 3.63) is 30.3 Å². The highest BCUT2D eigenvalue weighted by Gasteiger charge is 2.31. The van der Waals surface area contributed by atoms with Crippen molar-refractivity contribution in [1.29, 1.82) is 0 Å². The highest BCUT2D eigenvalue weighted by atomic mass is 16.1. The van der Waals surface area contributed by atoms with Crippen LogP contribution in [0.3, 0.4) is 0 Å². The van der Waals surface area contributed by atoms with Crippen molar-refractivity contribution in [2.45, 2.75) is 25.8 Å². The van der Waals surface area contributed by atoms with Crippen LogP contribution in [0.15, 0.2) is 30.3 Å². The van der Waals surface area contributed by atoms with Gasteiger partial charge in [0.1, 0.15) is 0 Å². The van der Waals surface area contributed by atoms with Crippen molar-refractivity contribution in [3.63, 3.8) is 0 Å². The van der Waals surface area contributed by atoms with Gasteiger partial charge in [-0.25, -0.2) is 0 Å². The predicted molar refractivity (Wildman–Crippen MR) is 65.3 cm³/mol. The van der Waals surface area contributed by atoms with Gasteiger partial charge < -0.3 is 5.32 Å². The third-order valence-corrected chi connectivity index (χ3v) is 2.98. The number of hydrogen-bond acceptors (Lipinski definition) is 2. The molecule has 0 aliphatic carbocycles. The highest BCUT2D eigenvalue weighted by Crippen LogP contribution is 2.20. The monoisotopic (exact) mass is 218 g/mol. The molecule has 0 bridgehead atoms. The number of nitrogens with one attached hydrogen (secondary N) is 1. The van der Waals surface area contributed by atoms with E-state index in [1.807, 2.05) is 30.3 Å². The summed E-state index contributed by atoms with van der Waals surface area (Å²) < 4.78 is 0. The SMILES string of the molecule is CC[C@@H]1CN1CCC(=O)Nc1ccccc1. The summed E-state index contributed by atoms with van der Waals surface area (Å²) in [6, 6.07) is 10.3. The number of para-hydroxylation sites is 1. The maximum atomic E-state index is 11.6.